The fourth-order valence-corrected chi connectivity index (χ4v) is 2.77. The summed E-state index contributed by atoms with van der Waals surface area (Å²) in [4.78, 5) is 13.6. The Hall–Kier alpha value is -1.06. The highest BCUT2D eigenvalue weighted by Gasteiger charge is 2.56. The maximum atomic E-state index is 11.8. The summed E-state index contributed by atoms with van der Waals surface area (Å²) in [7, 11) is 0. The Balaban J connectivity index is 2.31. The van der Waals surface area contributed by atoms with Gasteiger partial charge in [0, 0.05) is 6.54 Å². The minimum atomic E-state index is -0.299. The third-order valence-corrected chi connectivity index (χ3v) is 3.63. The molecule has 1 aliphatic carbocycles. The zero-order valence-corrected chi connectivity index (χ0v) is 9.47. The first-order valence-corrected chi connectivity index (χ1v) is 5.84. The van der Waals surface area contributed by atoms with Gasteiger partial charge in [0.05, 0.1) is 0 Å². The lowest BCUT2D eigenvalue weighted by atomic mass is 9.88. The quantitative estimate of drug-likeness (QED) is 0.730. The number of nitrogens with zero attached hydrogens (tertiary/aromatic N) is 1. The van der Waals surface area contributed by atoms with Crippen molar-refractivity contribution in [3.8, 4) is 0 Å². The van der Waals surface area contributed by atoms with Gasteiger partial charge in [-0.25, -0.2) is 4.79 Å². The average Bonchev–Trinajstić information content (AvgIpc) is 2.99. The number of urea groups is 1. The summed E-state index contributed by atoms with van der Waals surface area (Å²) in [5, 5.41) is 10.7. The lowest BCUT2D eigenvalue weighted by Crippen LogP contribution is -2.51. The molecular weight excluding hydrogens is 190 g/mol. The standard InChI is InChI=1S/C11H19N3O/c1-3-7-14-10(15)13-9(12)11(14,4-2)8-5-6-8/h8H,3-7H2,1-2H3,(H2,12,13,15). The van der Waals surface area contributed by atoms with E-state index >= 15 is 0 Å². The molecule has 1 saturated heterocycles. The second kappa shape index (κ2) is 3.51. The van der Waals surface area contributed by atoms with Crippen LogP contribution in [0.5, 0.6) is 0 Å². The zero-order chi connectivity index (χ0) is 11.1. The number of hydrogen-bond acceptors (Lipinski definition) is 2. The summed E-state index contributed by atoms with van der Waals surface area (Å²) in [5.41, 5.74) is -0.299. The monoisotopic (exact) mass is 209 g/mol. The molecule has 1 heterocycles. The van der Waals surface area contributed by atoms with Crippen molar-refractivity contribution in [3.05, 3.63) is 0 Å². The number of amides is 2. The molecule has 0 radical (unpaired) electrons. The predicted molar refractivity (Wildman–Crippen MR) is 59.0 cm³/mol. The van der Waals surface area contributed by atoms with Crippen LogP contribution >= 0.6 is 0 Å². The third kappa shape index (κ3) is 1.34. The number of carbonyl (C=O) groups excluding carboxylic acids is 1. The van der Waals surface area contributed by atoms with E-state index in [-0.39, 0.29) is 11.6 Å². The van der Waals surface area contributed by atoms with Crippen LogP contribution in [0.1, 0.15) is 39.5 Å². The van der Waals surface area contributed by atoms with Crippen molar-refractivity contribution in [2.24, 2.45) is 5.92 Å². The fourth-order valence-electron chi connectivity index (χ4n) is 2.77. The largest absolute Gasteiger partial charge is 0.323 e. The van der Waals surface area contributed by atoms with Gasteiger partial charge in [0.25, 0.3) is 0 Å². The number of amidine groups is 1. The fraction of sp³-hybridized carbons (Fsp3) is 0.818. The molecule has 2 amide bonds. The van der Waals surface area contributed by atoms with E-state index in [1.54, 1.807) is 0 Å². The van der Waals surface area contributed by atoms with Gasteiger partial charge in [-0.1, -0.05) is 13.8 Å². The Labute approximate surface area is 90.5 Å². The molecule has 0 aromatic heterocycles. The molecule has 2 aliphatic rings. The molecule has 2 fully saturated rings. The van der Waals surface area contributed by atoms with Gasteiger partial charge in [0.1, 0.15) is 11.4 Å². The molecule has 0 bridgehead atoms. The summed E-state index contributed by atoms with van der Waals surface area (Å²) in [6.45, 7) is 4.91. The summed E-state index contributed by atoms with van der Waals surface area (Å²) in [5.74, 6) is 0.937. The van der Waals surface area contributed by atoms with E-state index in [9.17, 15) is 4.79 Å². The topological polar surface area (TPSA) is 56.2 Å². The number of hydrogen-bond donors (Lipinski definition) is 2. The van der Waals surface area contributed by atoms with Crippen LogP contribution in [0.25, 0.3) is 0 Å². The van der Waals surface area contributed by atoms with Crippen LogP contribution in [0.4, 0.5) is 4.79 Å². The van der Waals surface area contributed by atoms with Crippen LogP contribution in [0.3, 0.4) is 0 Å². The third-order valence-electron chi connectivity index (χ3n) is 3.63. The van der Waals surface area contributed by atoms with E-state index in [0.29, 0.717) is 11.8 Å². The van der Waals surface area contributed by atoms with Crippen LogP contribution in [0, 0.1) is 11.3 Å². The highest BCUT2D eigenvalue weighted by Crippen LogP contribution is 2.47. The first-order valence-electron chi connectivity index (χ1n) is 5.84. The molecule has 84 valence electrons. The van der Waals surface area contributed by atoms with Gasteiger partial charge in [0.15, 0.2) is 0 Å². The lowest BCUT2D eigenvalue weighted by Gasteiger charge is -2.36. The average molecular weight is 209 g/mol. The summed E-state index contributed by atoms with van der Waals surface area (Å²) in [6.07, 6.45) is 4.13. The SMILES string of the molecule is CCCN1C(=O)NC(=N)C1(CC)C1CC1. The normalized spacial score (nSPS) is 30.9. The molecule has 1 aliphatic heterocycles. The second-order valence-corrected chi connectivity index (χ2v) is 4.51. The number of rotatable bonds is 4. The lowest BCUT2D eigenvalue weighted by molar-refractivity contribution is 0.157. The van der Waals surface area contributed by atoms with Crippen molar-refractivity contribution < 1.29 is 4.79 Å². The van der Waals surface area contributed by atoms with Crippen LogP contribution in [-0.4, -0.2) is 28.9 Å². The van der Waals surface area contributed by atoms with Gasteiger partial charge in [-0.15, -0.1) is 0 Å². The molecule has 2 N–H and O–H groups in total. The molecule has 2 rings (SSSR count). The summed E-state index contributed by atoms with van der Waals surface area (Å²) < 4.78 is 0. The van der Waals surface area contributed by atoms with Crippen LogP contribution in [0.2, 0.25) is 0 Å². The van der Waals surface area contributed by atoms with E-state index in [4.69, 9.17) is 5.41 Å². The Bertz CT molecular complexity index is 298. The molecule has 15 heavy (non-hydrogen) atoms. The van der Waals surface area contributed by atoms with Gasteiger partial charge in [-0.05, 0) is 31.6 Å². The predicted octanol–water partition coefficient (Wildman–Crippen LogP) is 1.96. The molecule has 4 nitrogen and oxygen atoms in total. The Morgan fingerprint density at radius 2 is 2.20 bits per heavy atom. The van der Waals surface area contributed by atoms with E-state index in [0.717, 1.165) is 32.2 Å². The molecule has 0 aromatic rings. The van der Waals surface area contributed by atoms with Crippen molar-refractivity contribution in [2.45, 2.75) is 45.1 Å². The second-order valence-electron chi connectivity index (χ2n) is 4.51. The first-order chi connectivity index (χ1) is 7.16. The summed E-state index contributed by atoms with van der Waals surface area (Å²) in [6, 6.07) is -0.0735. The van der Waals surface area contributed by atoms with E-state index in [2.05, 4.69) is 19.2 Å². The first kappa shape index (κ1) is 10.5. The minimum absolute atomic E-state index is 0.0735. The molecular formula is C11H19N3O. The van der Waals surface area contributed by atoms with Crippen LogP contribution in [0.15, 0.2) is 0 Å². The highest BCUT2D eigenvalue weighted by molar-refractivity contribution is 6.08. The maximum Gasteiger partial charge on any atom is 0.323 e. The Morgan fingerprint density at radius 3 is 2.67 bits per heavy atom. The number of nitrogens with one attached hydrogen (secondary N) is 2. The van der Waals surface area contributed by atoms with Crippen molar-refractivity contribution in [1.29, 1.82) is 5.41 Å². The van der Waals surface area contributed by atoms with Crippen molar-refractivity contribution in [2.75, 3.05) is 6.54 Å². The van der Waals surface area contributed by atoms with Crippen molar-refractivity contribution >= 4 is 11.9 Å². The van der Waals surface area contributed by atoms with Gasteiger partial charge < -0.3 is 4.90 Å². The van der Waals surface area contributed by atoms with Crippen LogP contribution < -0.4 is 5.32 Å². The zero-order valence-electron chi connectivity index (χ0n) is 9.47. The smallest absolute Gasteiger partial charge is 0.311 e. The molecule has 0 aromatic carbocycles. The van der Waals surface area contributed by atoms with Crippen molar-refractivity contribution in [3.63, 3.8) is 0 Å². The Morgan fingerprint density at radius 1 is 1.53 bits per heavy atom. The summed E-state index contributed by atoms with van der Waals surface area (Å²) >= 11 is 0. The number of carbonyl (C=O) groups is 1. The van der Waals surface area contributed by atoms with Gasteiger partial charge in [0.2, 0.25) is 0 Å². The molecule has 1 saturated carbocycles. The van der Waals surface area contributed by atoms with E-state index in [1.165, 1.54) is 0 Å². The van der Waals surface area contributed by atoms with Gasteiger partial charge in [-0.2, -0.15) is 0 Å². The minimum Gasteiger partial charge on any atom is -0.311 e. The van der Waals surface area contributed by atoms with Crippen molar-refractivity contribution in [1.82, 2.24) is 10.2 Å². The Kier molecular flexibility index (Phi) is 2.44. The van der Waals surface area contributed by atoms with Gasteiger partial charge in [-0.3, -0.25) is 10.7 Å². The molecule has 0 spiro atoms. The molecule has 1 atom stereocenters. The molecule has 4 heteroatoms. The molecule has 1 unspecified atom stereocenters. The van der Waals surface area contributed by atoms with Gasteiger partial charge >= 0.3 is 6.03 Å². The van der Waals surface area contributed by atoms with E-state index < -0.39 is 0 Å². The highest BCUT2D eigenvalue weighted by atomic mass is 16.2. The maximum absolute atomic E-state index is 11.8. The van der Waals surface area contributed by atoms with E-state index in [1.807, 2.05) is 4.90 Å². The van der Waals surface area contributed by atoms with Crippen LogP contribution in [-0.2, 0) is 0 Å².